The van der Waals surface area contributed by atoms with Gasteiger partial charge in [0.1, 0.15) is 6.04 Å². The fraction of sp³-hybridized carbons (Fsp3) is 0.500. The first-order valence-corrected chi connectivity index (χ1v) is 5.07. The molecule has 1 unspecified atom stereocenters. The Balaban J connectivity index is 2.77. The van der Waals surface area contributed by atoms with Crippen LogP contribution in [-0.4, -0.2) is 33.8 Å². The number of nitrogens with one attached hydrogen (secondary N) is 3. The minimum Gasteiger partial charge on any atom is -0.464 e. The van der Waals surface area contributed by atoms with E-state index in [4.69, 9.17) is 4.74 Å². The van der Waals surface area contributed by atoms with Crippen LogP contribution in [0.5, 0.6) is 0 Å². The molecule has 1 aromatic rings. The topological polar surface area (TPSA) is 99.9 Å². The molecule has 0 saturated carbocycles. The maximum absolute atomic E-state index is 11.3. The van der Waals surface area contributed by atoms with Gasteiger partial charge < -0.3 is 10.1 Å². The SMILES string of the molecule is CCOC(=O)C(C)Nc1n[nH]c(=S)[nH]c1=O. The van der Waals surface area contributed by atoms with Gasteiger partial charge in [-0.3, -0.25) is 14.9 Å². The number of hydrogen-bond donors (Lipinski definition) is 3. The van der Waals surface area contributed by atoms with Crippen molar-refractivity contribution >= 4 is 24.0 Å². The minimum atomic E-state index is -0.655. The van der Waals surface area contributed by atoms with Crippen molar-refractivity contribution in [2.24, 2.45) is 0 Å². The molecule has 0 aliphatic heterocycles. The molecular weight excluding hydrogens is 232 g/mol. The molecule has 8 heteroatoms. The van der Waals surface area contributed by atoms with Crippen molar-refractivity contribution in [2.45, 2.75) is 19.9 Å². The highest BCUT2D eigenvalue weighted by molar-refractivity contribution is 7.71. The molecule has 0 radical (unpaired) electrons. The Hall–Kier alpha value is -1.70. The fourth-order valence-electron chi connectivity index (χ4n) is 0.977. The molecule has 1 heterocycles. The fourth-order valence-corrected chi connectivity index (χ4v) is 1.12. The Kier molecular flexibility index (Phi) is 4.18. The van der Waals surface area contributed by atoms with E-state index in [1.54, 1.807) is 13.8 Å². The third kappa shape index (κ3) is 3.16. The number of carbonyl (C=O) groups excluding carboxylic acids is 1. The number of rotatable bonds is 4. The molecular formula is C8H12N4O3S. The van der Waals surface area contributed by atoms with Gasteiger partial charge in [-0.2, -0.15) is 0 Å². The Morgan fingerprint density at radius 2 is 2.38 bits per heavy atom. The first-order valence-electron chi connectivity index (χ1n) is 4.66. The second-order valence-corrected chi connectivity index (χ2v) is 3.38. The Morgan fingerprint density at radius 3 is 2.94 bits per heavy atom. The predicted molar refractivity (Wildman–Crippen MR) is 59.8 cm³/mol. The smallest absolute Gasteiger partial charge is 0.328 e. The molecule has 16 heavy (non-hydrogen) atoms. The summed E-state index contributed by atoms with van der Waals surface area (Å²) in [5.41, 5.74) is -0.486. The van der Waals surface area contributed by atoms with Gasteiger partial charge in [0.15, 0.2) is 4.77 Å². The number of hydrogen-bond acceptors (Lipinski definition) is 6. The highest BCUT2D eigenvalue weighted by Gasteiger charge is 2.15. The molecule has 3 N–H and O–H groups in total. The van der Waals surface area contributed by atoms with Crippen LogP contribution in [0.25, 0.3) is 0 Å². The largest absolute Gasteiger partial charge is 0.464 e. The van der Waals surface area contributed by atoms with E-state index >= 15 is 0 Å². The van der Waals surface area contributed by atoms with E-state index in [-0.39, 0.29) is 17.2 Å². The zero-order valence-electron chi connectivity index (χ0n) is 8.86. The molecule has 0 fully saturated rings. The zero-order chi connectivity index (χ0) is 12.1. The van der Waals surface area contributed by atoms with Crippen molar-refractivity contribution in [1.82, 2.24) is 15.2 Å². The molecule has 0 amide bonds. The lowest BCUT2D eigenvalue weighted by Crippen LogP contribution is -2.31. The van der Waals surface area contributed by atoms with Gasteiger partial charge in [-0.05, 0) is 26.1 Å². The first-order chi connectivity index (χ1) is 7.54. The van der Waals surface area contributed by atoms with Gasteiger partial charge in [-0.25, -0.2) is 4.79 Å². The second kappa shape index (κ2) is 5.40. The summed E-state index contributed by atoms with van der Waals surface area (Å²) in [5, 5.41) is 8.70. The summed E-state index contributed by atoms with van der Waals surface area (Å²) < 4.78 is 4.89. The monoisotopic (exact) mass is 244 g/mol. The van der Waals surface area contributed by atoms with Crippen LogP contribution in [0.1, 0.15) is 13.8 Å². The molecule has 0 spiro atoms. The Labute approximate surface area is 96.2 Å². The van der Waals surface area contributed by atoms with E-state index in [0.29, 0.717) is 0 Å². The van der Waals surface area contributed by atoms with Crippen molar-refractivity contribution in [3.8, 4) is 0 Å². The van der Waals surface area contributed by atoms with Crippen molar-refractivity contribution in [2.75, 3.05) is 11.9 Å². The molecule has 0 saturated heterocycles. The summed E-state index contributed by atoms with van der Waals surface area (Å²) in [4.78, 5) is 24.9. The van der Waals surface area contributed by atoms with Gasteiger partial charge >= 0.3 is 5.97 Å². The Morgan fingerprint density at radius 1 is 1.69 bits per heavy atom. The van der Waals surface area contributed by atoms with Crippen molar-refractivity contribution in [3.63, 3.8) is 0 Å². The second-order valence-electron chi connectivity index (χ2n) is 2.97. The lowest BCUT2D eigenvalue weighted by atomic mass is 10.3. The van der Waals surface area contributed by atoms with E-state index in [2.05, 4.69) is 32.7 Å². The predicted octanol–water partition coefficient (Wildman–Crippen LogP) is 0.191. The van der Waals surface area contributed by atoms with Crippen LogP contribution in [0, 0.1) is 4.77 Å². The number of nitrogens with zero attached hydrogens (tertiary/aromatic N) is 1. The summed E-state index contributed by atoms with van der Waals surface area (Å²) in [7, 11) is 0. The van der Waals surface area contributed by atoms with Gasteiger partial charge in [0.2, 0.25) is 5.82 Å². The number of carbonyl (C=O) groups is 1. The third-order valence-electron chi connectivity index (χ3n) is 1.70. The van der Waals surface area contributed by atoms with E-state index in [1.807, 2.05) is 0 Å². The van der Waals surface area contributed by atoms with E-state index in [0.717, 1.165) is 0 Å². The standard InChI is InChI=1S/C8H12N4O3S/c1-3-15-7(14)4(2)9-5-6(13)10-8(16)12-11-5/h4H,3H2,1-2H3,(H,9,11)(H2,10,12,13,16). The van der Waals surface area contributed by atoms with E-state index in [9.17, 15) is 9.59 Å². The number of H-pyrrole nitrogens is 2. The van der Waals surface area contributed by atoms with E-state index < -0.39 is 17.6 Å². The maximum Gasteiger partial charge on any atom is 0.328 e. The summed E-state index contributed by atoms with van der Waals surface area (Å²) in [6, 6.07) is -0.655. The van der Waals surface area contributed by atoms with Crippen LogP contribution >= 0.6 is 12.2 Å². The normalized spacial score (nSPS) is 11.9. The van der Waals surface area contributed by atoms with Crippen molar-refractivity contribution < 1.29 is 9.53 Å². The van der Waals surface area contributed by atoms with Gasteiger partial charge in [-0.1, -0.05) is 0 Å². The third-order valence-corrected chi connectivity index (χ3v) is 1.90. The van der Waals surface area contributed by atoms with Crippen LogP contribution in [0.2, 0.25) is 0 Å². The number of aromatic nitrogens is 3. The summed E-state index contributed by atoms with van der Waals surface area (Å²) >= 11 is 4.67. The summed E-state index contributed by atoms with van der Waals surface area (Å²) in [6.45, 7) is 3.56. The van der Waals surface area contributed by atoms with Gasteiger partial charge in [-0.15, -0.1) is 5.10 Å². The quantitative estimate of drug-likeness (QED) is 0.516. The van der Waals surface area contributed by atoms with Gasteiger partial charge in [0, 0.05) is 0 Å². The highest BCUT2D eigenvalue weighted by atomic mass is 32.1. The molecule has 7 nitrogen and oxygen atoms in total. The van der Waals surface area contributed by atoms with Crippen molar-refractivity contribution in [3.05, 3.63) is 15.1 Å². The number of ether oxygens (including phenoxy) is 1. The molecule has 1 rings (SSSR count). The number of esters is 1. The van der Waals surface area contributed by atoms with E-state index in [1.165, 1.54) is 0 Å². The summed E-state index contributed by atoms with van der Waals surface area (Å²) in [6.07, 6.45) is 0. The van der Waals surface area contributed by atoms with Crippen LogP contribution in [0.15, 0.2) is 4.79 Å². The van der Waals surface area contributed by atoms with Gasteiger partial charge in [0.05, 0.1) is 6.61 Å². The summed E-state index contributed by atoms with van der Waals surface area (Å²) in [5.74, 6) is -0.458. The average Bonchev–Trinajstić information content (AvgIpc) is 2.22. The molecule has 0 aromatic carbocycles. The lowest BCUT2D eigenvalue weighted by Gasteiger charge is -2.11. The van der Waals surface area contributed by atoms with Crippen LogP contribution in [0.3, 0.4) is 0 Å². The van der Waals surface area contributed by atoms with Crippen molar-refractivity contribution in [1.29, 1.82) is 0 Å². The zero-order valence-corrected chi connectivity index (χ0v) is 9.68. The van der Waals surface area contributed by atoms with Crippen LogP contribution in [-0.2, 0) is 9.53 Å². The van der Waals surface area contributed by atoms with Crippen LogP contribution in [0.4, 0.5) is 5.82 Å². The minimum absolute atomic E-state index is 0.00541. The molecule has 0 aliphatic rings. The Bertz CT molecular complexity index is 481. The highest BCUT2D eigenvalue weighted by Crippen LogP contribution is 1.96. The lowest BCUT2D eigenvalue weighted by molar-refractivity contribution is -0.143. The maximum atomic E-state index is 11.3. The number of aromatic amines is 2. The van der Waals surface area contributed by atoms with Crippen LogP contribution < -0.4 is 10.9 Å². The molecule has 88 valence electrons. The number of anilines is 1. The van der Waals surface area contributed by atoms with Gasteiger partial charge in [0.25, 0.3) is 5.56 Å². The first kappa shape index (κ1) is 12.4. The molecule has 0 bridgehead atoms. The molecule has 1 atom stereocenters. The average molecular weight is 244 g/mol. The molecule has 0 aliphatic carbocycles. The molecule has 1 aromatic heterocycles.